The molecule has 1 aliphatic carbocycles. The highest BCUT2D eigenvalue weighted by Crippen LogP contribution is 2.43. The van der Waals surface area contributed by atoms with Gasteiger partial charge in [-0.15, -0.1) is 0 Å². The molecule has 0 radical (unpaired) electrons. The van der Waals surface area contributed by atoms with Crippen molar-refractivity contribution in [3.8, 4) is 5.75 Å². The number of benzene rings is 2. The van der Waals surface area contributed by atoms with E-state index in [1.165, 1.54) is 27.8 Å². The van der Waals surface area contributed by atoms with E-state index < -0.39 is 5.97 Å². The number of carbonyl (C=O) groups is 1. The van der Waals surface area contributed by atoms with Gasteiger partial charge in [0.1, 0.15) is 5.75 Å². The van der Waals surface area contributed by atoms with Crippen LogP contribution >= 0.6 is 0 Å². The lowest BCUT2D eigenvalue weighted by molar-refractivity contribution is -0.137. The van der Waals surface area contributed by atoms with Crippen molar-refractivity contribution < 1.29 is 14.6 Å². The molecule has 3 N–H and O–H groups in total. The third-order valence-corrected chi connectivity index (χ3v) is 5.21. The van der Waals surface area contributed by atoms with Crippen LogP contribution < -0.4 is 10.5 Å². The number of hydrogen-bond donors (Lipinski definition) is 2. The van der Waals surface area contributed by atoms with Gasteiger partial charge in [0.15, 0.2) is 0 Å². The van der Waals surface area contributed by atoms with Crippen LogP contribution in [0.3, 0.4) is 0 Å². The molecule has 2 aliphatic rings. The van der Waals surface area contributed by atoms with E-state index >= 15 is 0 Å². The van der Waals surface area contributed by atoms with Gasteiger partial charge in [-0.1, -0.05) is 35.9 Å². The molecule has 1 heterocycles. The minimum atomic E-state index is -0.700. The molecule has 4 nitrogen and oxygen atoms in total. The number of hydrogen-bond acceptors (Lipinski definition) is 3. The molecular formula is C22H27NO3. The maximum atomic E-state index is 10.8. The first-order chi connectivity index (χ1) is 12.5. The first-order valence-electron chi connectivity index (χ1n) is 9.27. The molecule has 2 aromatic rings. The van der Waals surface area contributed by atoms with Gasteiger partial charge >= 0.3 is 5.97 Å². The van der Waals surface area contributed by atoms with Gasteiger partial charge < -0.3 is 15.6 Å². The summed E-state index contributed by atoms with van der Waals surface area (Å²) < 4.78 is 5.53. The van der Waals surface area contributed by atoms with Crippen molar-refractivity contribution in [3.63, 3.8) is 0 Å². The number of carboxylic acid groups (broad SMARTS) is 1. The van der Waals surface area contributed by atoms with Crippen LogP contribution in [0.5, 0.6) is 5.75 Å². The molecule has 0 amide bonds. The average molecular weight is 353 g/mol. The molecule has 2 aromatic carbocycles. The third-order valence-electron chi connectivity index (χ3n) is 5.21. The lowest BCUT2D eigenvalue weighted by Crippen LogP contribution is -2.05. The first kappa shape index (κ1) is 18.5. The summed E-state index contributed by atoms with van der Waals surface area (Å²) in [5, 5.41) is 8.92. The number of aryl methyl sites for hydroxylation is 2. The highest BCUT2D eigenvalue weighted by atomic mass is 16.5. The molecule has 0 fully saturated rings. The fourth-order valence-corrected chi connectivity index (χ4v) is 3.83. The molecule has 138 valence electrons. The Kier molecular flexibility index (Phi) is 5.62. The molecule has 26 heavy (non-hydrogen) atoms. The van der Waals surface area contributed by atoms with E-state index in [9.17, 15) is 4.79 Å². The van der Waals surface area contributed by atoms with Gasteiger partial charge in [-0.2, -0.15) is 0 Å². The highest BCUT2D eigenvalue weighted by molar-refractivity contribution is 5.69. The molecule has 1 aliphatic heterocycles. The average Bonchev–Trinajstić information content (AvgIpc) is 3.21. The number of rotatable bonds is 3. The zero-order valence-corrected chi connectivity index (χ0v) is 15.5. The normalized spacial score (nSPS) is 18.2. The lowest BCUT2D eigenvalue weighted by atomic mass is 9.92. The Hall–Kier alpha value is -2.33. The van der Waals surface area contributed by atoms with Crippen LogP contribution in [0.15, 0.2) is 36.4 Å². The van der Waals surface area contributed by atoms with Gasteiger partial charge in [0.05, 0.1) is 13.0 Å². The van der Waals surface area contributed by atoms with Crippen LogP contribution in [-0.4, -0.2) is 17.7 Å². The predicted octanol–water partition coefficient (Wildman–Crippen LogP) is 4.14. The Bertz CT molecular complexity index is 781. The maximum Gasteiger partial charge on any atom is 0.303 e. The second-order valence-electron chi connectivity index (χ2n) is 7.25. The molecular weight excluding hydrogens is 326 g/mol. The Balaban J connectivity index is 0.000000170. The SMILES string of the molecule is Cc1ccc([C@@H](C)N)cc1.O=C(O)C[C@@H]1CCc2ccc3c(c21)CCO3. The van der Waals surface area contributed by atoms with E-state index in [1.54, 1.807) is 0 Å². The quantitative estimate of drug-likeness (QED) is 0.870. The fraction of sp³-hybridized carbons (Fsp3) is 0.409. The minimum absolute atomic E-state index is 0.153. The monoisotopic (exact) mass is 353 g/mol. The number of fused-ring (bicyclic) bond motifs is 3. The molecule has 0 saturated heterocycles. The largest absolute Gasteiger partial charge is 0.493 e. The number of ether oxygens (including phenoxy) is 1. The number of aliphatic carboxylic acids is 1. The predicted molar refractivity (Wildman–Crippen MR) is 103 cm³/mol. The van der Waals surface area contributed by atoms with Gasteiger partial charge in [-0.3, -0.25) is 4.79 Å². The molecule has 0 spiro atoms. The fourth-order valence-electron chi connectivity index (χ4n) is 3.83. The van der Waals surface area contributed by atoms with Gasteiger partial charge in [0.2, 0.25) is 0 Å². The van der Waals surface area contributed by atoms with Crippen LogP contribution in [0, 0.1) is 6.92 Å². The molecule has 4 heteroatoms. The Morgan fingerprint density at radius 2 is 1.96 bits per heavy atom. The summed E-state index contributed by atoms with van der Waals surface area (Å²) in [6.45, 7) is 4.81. The topological polar surface area (TPSA) is 72.6 Å². The summed E-state index contributed by atoms with van der Waals surface area (Å²) in [7, 11) is 0. The molecule has 0 unspecified atom stereocenters. The first-order valence-corrected chi connectivity index (χ1v) is 9.27. The van der Waals surface area contributed by atoms with Crippen molar-refractivity contribution in [1.29, 1.82) is 0 Å². The molecule has 0 bridgehead atoms. The van der Waals surface area contributed by atoms with Crippen LogP contribution in [0.1, 0.15) is 59.5 Å². The minimum Gasteiger partial charge on any atom is -0.493 e. The summed E-state index contributed by atoms with van der Waals surface area (Å²) >= 11 is 0. The third kappa shape index (κ3) is 4.07. The van der Waals surface area contributed by atoms with Crippen LogP contribution in [0.25, 0.3) is 0 Å². The van der Waals surface area contributed by atoms with E-state index in [1.807, 2.05) is 13.0 Å². The molecule has 0 saturated carbocycles. The standard InChI is InChI=1S/C13H14O3.C9H13N/c14-12(15)7-9-2-1-8-3-4-11-10(13(8)9)5-6-16-11;1-7-3-5-9(6-4-7)8(2)10/h3-4,9H,1-2,5-7H2,(H,14,15);3-6,8H,10H2,1-2H3/t9-;8-/m01/s1. The van der Waals surface area contributed by atoms with Crippen LogP contribution in [0.2, 0.25) is 0 Å². The highest BCUT2D eigenvalue weighted by Gasteiger charge is 2.30. The van der Waals surface area contributed by atoms with Crippen LogP contribution in [0.4, 0.5) is 0 Å². The Morgan fingerprint density at radius 1 is 1.23 bits per heavy atom. The van der Waals surface area contributed by atoms with E-state index in [0.717, 1.165) is 31.6 Å². The van der Waals surface area contributed by atoms with Gasteiger partial charge in [0, 0.05) is 18.0 Å². The molecule has 4 rings (SSSR count). The van der Waals surface area contributed by atoms with Crippen molar-refractivity contribution in [2.45, 2.75) is 51.5 Å². The number of carboxylic acids is 1. The summed E-state index contributed by atoms with van der Waals surface area (Å²) in [6, 6.07) is 12.6. The molecule has 0 aromatic heterocycles. The van der Waals surface area contributed by atoms with Crippen molar-refractivity contribution in [3.05, 3.63) is 64.2 Å². The number of nitrogens with two attached hydrogens (primary N) is 1. The molecule has 2 atom stereocenters. The zero-order chi connectivity index (χ0) is 18.7. The van der Waals surface area contributed by atoms with Crippen molar-refractivity contribution in [2.24, 2.45) is 5.73 Å². The van der Waals surface area contributed by atoms with Crippen molar-refractivity contribution >= 4 is 5.97 Å². The summed E-state index contributed by atoms with van der Waals surface area (Å²) in [5.74, 6) is 0.467. The summed E-state index contributed by atoms with van der Waals surface area (Å²) in [6.07, 6.45) is 3.18. The van der Waals surface area contributed by atoms with E-state index in [-0.39, 0.29) is 18.4 Å². The Labute approximate surface area is 155 Å². The maximum absolute atomic E-state index is 10.8. The summed E-state index contributed by atoms with van der Waals surface area (Å²) in [5.41, 5.74) is 12.0. The summed E-state index contributed by atoms with van der Waals surface area (Å²) in [4.78, 5) is 10.8. The smallest absolute Gasteiger partial charge is 0.303 e. The van der Waals surface area contributed by atoms with Crippen molar-refractivity contribution in [2.75, 3.05) is 6.61 Å². The lowest BCUT2D eigenvalue weighted by Gasteiger charge is -2.12. The van der Waals surface area contributed by atoms with E-state index in [2.05, 4.69) is 37.3 Å². The Morgan fingerprint density at radius 3 is 2.62 bits per heavy atom. The second-order valence-corrected chi connectivity index (χ2v) is 7.25. The van der Waals surface area contributed by atoms with Gasteiger partial charge in [-0.05, 0) is 55.4 Å². The van der Waals surface area contributed by atoms with Gasteiger partial charge in [0.25, 0.3) is 0 Å². The van der Waals surface area contributed by atoms with Crippen molar-refractivity contribution in [1.82, 2.24) is 0 Å². The van der Waals surface area contributed by atoms with Crippen LogP contribution in [-0.2, 0) is 17.6 Å². The van der Waals surface area contributed by atoms with E-state index in [4.69, 9.17) is 15.6 Å². The van der Waals surface area contributed by atoms with Gasteiger partial charge in [-0.25, -0.2) is 0 Å². The second kappa shape index (κ2) is 7.92. The van der Waals surface area contributed by atoms with E-state index in [0.29, 0.717) is 0 Å². The zero-order valence-electron chi connectivity index (χ0n) is 15.5.